The molecule has 1 heterocycles. The van der Waals surface area contributed by atoms with E-state index in [1.54, 1.807) is 12.1 Å². The SMILES string of the molecule is CC(C)C[C@@H](C(=O)N1C(=O)OC[C@H]1Cc1ccccc1)c1cc(O)cc(-c2ccccc2)c1. The quantitative estimate of drug-likeness (QED) is 0.503. The van der Waals surface area contributed by atoms with Crippen molar-refractivity contribution in [1.29, 1.82) is 0 Å². The van der Waals surface area contributed by atoms with Gasteiger partial charge in [-0.25, -0.2) is 9.69 Å². The molecule has 1 N–H and O–H groups in total. The molecule has 0 bridgehead atoms. The van der Waals surface area contributed by atoms with Gasteiger partial charge < -0.3 is 9.84 Å². The summed E-state index contributed by atoms with van der Waals surface area (Å²) in [5.74, 6) is -0.536. The Labute approximate surface area is 194 Å². The van der Waals surface area contributed by atoms with Gasteiger partial charge in [0.1, 0.15) is 12.4 Å². The van der Waals surface area contributed by atoms with E-state index in [0.29, 0.717) is 18.4 Å². The monoisotopic (exact) mass is 443 g/mol. The molecule has 2 atom stereocenters. The number of aromatic hydroxyl groups is 1. The Kier molecular flexibility index (Phi) is 6.78. The average molecular weight is 444 g/mol. The highest BCUT2D eigenvalue weighted by Crippen LogP contribution is 2.34. The summed E-state index contributed by atoms with van der Waals surface area (Å²) in [5, 5.41) is 10.5. The van der Waals surface area contributed by atoms with Crippen molar-refractivity contribution in [2.45, 2.75) is 38.6 Å². The lowest BCUT2D eigenvalue weighted by Gasteiger charge is -2.27. The fraction of sp³-hybridized carbons (Fsp3) is 0.286. The van der Waals surface area contributed by atoms with E-state index in [4.69, 9.17) is 4.74 Å². The van der Waals surface area contributed by atoms with Gasteiger partial charge in [0.2, 0.25) is 5.91 Å². The van der Waals surface area contributed by atoms with Gasteiger partial charge in [-0.1, -0.05) is 80.6 Å². The second-order valence-corrected chi connectivity index (χ2v) is 8.99. The number of nitrogens with zero attached hydrogens (tertiary/aromatic N) is 1. The lowest BCUT2D eigenvalue weighted by Crippen LogP contribution is -2.43. The van der Waals surface area contributed by atoms with Crippen LogP contribution in [0.15, 0.2) is 78.9 Å². The molecule has 0 unspecified atom stereocenters. The van der Waals surface area contributed by atoms with Crippen molar-refractivity contribution in [2.75, 3.05) is 6.61 Å². The van der Waals surface area contributed by atoms with Crippen LogP contribution in [-0.4, -0.2) is 34.7 Å². The molecular formula is C28H29NO4. The lowest BCUT2D eigenvalue weighted by atomic mass is 9.87. The van der Waals surface area contributed by atoms with Gasteiger partial charge in [0.15, 0.2) is 0 Å². The first-order valence-corrected chi connectivity index (χ1v) is 11.4. The number of carbonyl (C=O) groups is 2. The van der Waals surface area contributed by atoms with Crippen LogP contribution in [0.5, 0.6) is 5.75 Å². The number of amides is 2. The molecule has 5 heteroatoms. The summed E-state index contributed by atoms with van der Waals surface area (Å²) >= 11 is 0. The number of hydrogen-bond donors (Lipinski definition) is 1. The Morgan fingerprint density at radius 3 is 2.33 bits per heavy atom. The molecule has 1 fully saturated rings. The first-order chi connectivity index (χ1) is 15.9. The summed E-state index contributed by atoms with van der Waals surface area (Å²) in [6.07, 6.45) is 0.499. The van der Waals surface area contributed by atoms with Crippen molar-refractivity contribution in [3.8, 4) is 16.9 Å². The summed E-state index contributed by atoms with van der Waals surface area (Å²) in [6.45, 7) is 4.28. The maximum atomic E-state index is 13.8. The van der Waals surface area contributed by atoms with Crippen LogP contribution in [0.4, 0.5) is 4.79 Å². The minimum atomic E-state index is -0.599. The van der Waals surface area contributed by atoms with E-state index < -0.39 is 12.0 Å². The van der Waals surface area contributed by atoms with E-state index in [1.807, 2.05) is 80.6 Å². The third-order valence-electron chi connectivity index (χ3n) is 5.97. The third kappa shape index (κ3) is 5.25. The molecule has 170 valence electrons. The predicted octanol–water partition coefficient (Wildman–Crippen LogP) is 5.78. The van der Waals surface area contributed by atoms with Gasteiger partial charge in [-0.2, -0.15) is 0 Å². The summed E-state index contributed by atoms with van der Waals surface area (Å²) in [7, 11) is 0. The molecule has 0 spiro atoms. The highest BCUT2D eigenvalue weighted by Gasteiger charge is 2.41. The van der Waals surface area contributed by atoms with Crippen molar-refractivity contribution in [3.63, 3.8) is 0 Å². The van der Waals surface area contributed by atoms with Gasteiger partial charge >= 0.3 is 6.09 Å². The number of phenols is 1. The Hall–Kier alpha value is -3.60. The van der Waals surface area contributed by atoms with Gasteiger partial charge in [-0.3, -0.25) is 4.79 Å². The van der Waals surface area contributed by atoms with Crippen LogP contribution < -0.4 is 0 Å². The smallest absolute Gasteiger partial charge is 0.417 e. The normalized spacial score (nSPS) is 16.6. The fourth-order valence-electron chi connectivity index (χ4n) is 4.42. The molecule has 0 saturated carbocycles. The summed E-state index contributed by atoms with van der Waals surface area (Å²) in [5.41, 5.74) is 3.53. The molecule has 1 aliphatic heterocycles. The van der Waals surface area contributed by atoms with E-state index in [1.165, 1.54) is 4.90 Å². The first kappa shape index (κ1) is 22.6. The number of cyclic esters (lactones) is 1. The molecule has 0 aliphatic carbocycles. The van der Waals surface area contributed by atoms with E-state index in [-0.39, 0.29) is 30.2 Å². The molecule has 3 aromatic rings. The Morgan fingerprint density at radius 2 is 1.67 bits per heavy atom. The Balaban J connectivity index is 1.67. The van der Waals surface area contributed by atoms with Gasteiger partial charge in [0.25, 0.3) is 0 Å². The second-order valence-electron chi connectivity index (χ2n) is 8.99. The Morgan fingerprint density at radius 1 is 1.00 bits per heavy atom. The van der Waals surface area contributed by atoms with Crippen LogP contribution in [0.3, 0.4) is 0 Å². The van der Waals surface area contributed by atoms with Crippen molar-refractivity contribution in [3.05, 3.63) is 90.0 Å². The number of ether oxygens (including phenoxy) is 1. The molecule has 0 aromatic heterocycles. The van der Waals surface area contributed by atoms with Crippen LogP contribution in [0.1, 0.15) is 37.3 Å². The van der Waals surface area contributed by atoms with Crippen LogP contribution in [0, 0.1) is 5.92 Å². The molecule has 33 heavy (non-hydrogen) atoms. The maximum Gasteiger partial charge on any atom is 0.417 e. The fourth-order valence-corrected chi connectivity index (χ4v) is 4.42. The van der Waals surface area contributed by atoms with Crippen LogP contribution in [0.2, 0.25) is 0 Å². The van der Waals surface area contributed by atoms with Crippen molar-refractivity contribution in [1.82, 2.24) is 4.90 Å². The van der Waals surface area contributed by atoms with Gasteiger partial charge in [-0.15, -0.1) is 0 Å². The molecule has 0 radical (unpaired) electrons. The van der Waals surface area contributed by atoms with Crippen LogP contribution >= 0.6 is 0 Å². The highest BCUT2D eigenvalue weighted by molar-refractivity contribution is 5.97. The number of benzene rings is 3. The van der Waals surface area contributed by atoms with E-state index in [0.717, 1.165) is 16.7 Å². The number of imide groups is 1. The third-order valence-corrected chi connectivity index (χ3v) is 5.97. The lowest BCUT2D eigenvalue weighted by molar-refractivity contribution is -0.131. The standard InChI is InChI=1S/C28H29NO4/c1-19(2)13-26(23-15-22(16-25(30)17-23)21-11-7-4-8-12-21)27(31)29-24(18-33-28(29)32)14-20-9-5-3-6-10-20/h3-12,15-17,19,24,26,30H,13-14,18H2,1-2H3/t24-,26-/m1/s1. The minimum Gasteiger partial charge on any atom is -0.508 e. The van der Waals surface area contributed by atoms with Crippen molar-refractivity contribution >= 4 is 12.0 Å². The zero-order valence-corrected chi connectivity index (χ0v) is 19.0. The minimum absolute atomic E-state index is 0.0951. The largest absolute Gasteiger partial charge is 0.508 e. The number of carbonyl (C=O) groups excluding carboxylic acids is 2. The second kappa shape index (κ2) is 9.90. The van der Waals surface area contributed by atoms with Gasteiger partial charge in [0.05, 0.1) is 12.0 Å². The summed E-state index contributed by atoms with van der Waals surface area (Å²) < 4.78 is 5.30. The maximum absolute atomic E-state index is 13.8. The molecule has 3 aromatic carbocycles. The first-order valence-electron chi connectivity index (χ1n) is 11.4. The molecule has 2 amide bonds. The number of rotatable bonds is 7. The van der Waals surface area contributed by atoms with Crippen LogP contribution in [-0.2, 0) is 16.0 Å². The highest BCUT2D eigenvalue weighted by atomic mass is 16.6. The van der Waals surface area contributed by atoms with E-state index in [9.17, 15) is 14.7 Å². The zero-order valence-electron chi connectivity index (χ0n) is 19.0. The molecular weight excluding hydrogens is 414 g/mol. The van der Waals surface area contributed by atoms with Gasteiger partial charge in [0, 0.05) is 0 Å². The van der Waals surface area contributed by atoms with Crippen molar-refractivity contribution < 1.29 is 19.4 Å². The topological polar surface area (TPSA) is 66.8 Å². The van der Waals surface area contributed by atoms with Crippen LogP contribution in [0.25, 0.3) is 11.1 Å². The van der Waals surface area contributed by atoms with Crippen molar-refractivity contribution in [2.24, 2.45) is 5.92 Å². The average Bonchev–Trinajstić information content (AvgIpc) is 3.17. The van der Waals surface area contributed by atoms with Gasteiger partial charge in [-0.05, 0) is 53.1 Å². The predicted molar refractivity (Wildman–Crippen MR) is 128 cm³/mol. The summed E-state index contributed by atoms with van der Waals surface area (Å²) in [6, 6.07) is 24.4. The molecule has 1 aliphatic rings. The summed E-state index contributed by atoms with van der Waals surface area (Å²) in [4.78, 5) is 27.7. The molecule has 4 rings (SSSR count). The zero-order chi connectivity index (χ0) is 23.4. The van der Waals surface area contributed by atoms with E-state index in [2.05, 4.69) is 0 Å². The molecule has 5 nitrogen and oxygen atoms in total. The number of phenolic OH excluding ortho intramolecular Hbond substituents is 1. The number of hydrogen-bond acceptors (Lipinski definition) is 4. The molecule has 1 saturated heterocycles. The Bertz CT molecular complexity index is 1110. The van der Waals surface area contributed by atoms with E-state index >= 15 is 0 Å².